The minimum absolute atomic E-state index is 0. The second-order valence-electron chi connectivity index (χ2n) is 1.11. The van der Waals surface area contributed by atoms with E-state index in [2.05, 4.69) is 8.57 Å². The normalized spacial score (nSPS) is 9.73. The van der Waals surface area contributed by atoms with E-state index in [9.17, 15) is 0 Å². The Morgan fingerprint density at radius 2 is 1.00 bits per heavy atom. The summed E-state index contributed by atoms with van der Waals surface area (Å²) in [6, 6.07) is 0. The Balaban J connectivity index is -0.000000180. The van der Waals surface area contributed by atoms with E-state index in [0.717, 1.165) is 0 Å². The van der Waals surface area contributed by atoms with E-state index in [1.54, 1.807) is 0 Å². The van der Waals surface area contributed by atoms with Crippen LogP contribution in [0.1, 0.15) is 0 Å². The molecule has 0 amide bonds. The molecule has 0 atom stereocenters. The Bertz CT molecular complexity index is 326. The molecule has 0 N–H and O–H groups in total. The van der Waals surface area contributed by atoms with E-state index in [1.807, 2.05) is 0 Å². The molecule has 0 rings (SSSR count). The number of hydrogen-bond acceptors (Lipinski definition) is 12. The Morgan fingerprint density at radius 3 is 1.00 bits per heavy atom. The summed E-state index contributed by atoms with van der Waals surface area (Å²) >= 11 is 0. The zero-order valence-electron chi connectivity index (χ0n) is 6.11. The zero-order valence-corrected chi connectivity index (χ0v) is 9.30. The van der Waals surface area contributed by atoms with E-state index in [-0.39, 0.29) is 20.4 Å². The van der Waals surface area contributed by atoms with E-state index in [1.165, 1.54) is 10.7 Å². The smallest absolute Gasteiger partial charge is 0.714 e. The first-order valence-electron chi connectivity index (χ1n) is 2.06. The van der Waals surface area contributed by atoms with Crippen LogP contribution in [0.15, 0.2) is 10.7 Å². The van der Waals surface area contributed by atoms with Gasteiger partial charge < -0.3 is 9.11 Å². The van der Waals surface area contributed by atoms with Crippen LogP contribution in [0.5, 0.6) is 0 Å². The van der Waals surface area contributed by atoms with E-state index in [4.69, 9.17) is 35.8 Å². The van der Waals surface area contributed by atoms with Gasteiger partial charge in [0.15, 0.2) is 10.7 Å². The van der Waals surface area contributed by atoms with Crippen LogP contribution in [0.3, 0.4) is 0 Å². The van der Waals surface area contributed by atoms with Gasteiger partial charge in [0.1, 0.15) is 0 Å². The van der Waals surface area contributed by atoms with Crippen molar-refractivity contribution < 1.29 is 54.9 Å². The van der Waals surface area contributed by atoms with Gasteiger partial charge in [0.05, 0.1) is 0 Å². The van der Waals surface area contributed by atoms with Crippen molar-refractivity contribution in [1.29, 1.82) is 0 Å². The zero-order chi connectivity index (χ0) is 11.8. The summed E-state index contributed by atoms with van der Waals surface area (Å²) in [5.41, 5.74) is 0. The predicted molar refractivity (Wildman–Crippen MR) is 33.2 cm³/mol. The molecule has 0 saturated carbocycles. The van der Waals surface area contributed by atoms with Gasteiger partial charge in [-0.3, -0.25) is 0 Å². The Morgan fingerprint density at radius 1 is 0.800 bits per heavy atom. The van der Waals surface area contributed by atoms with Crippen molar-refractivity contribution in [3.8, 4) is 0 Å². The van der Waals surface area contributed by atoms with E-state index >= 15 is 0 Å². The molecule has 0 saturated heterocycles. The maximum atomic E-state index is 9.16. The van der Waals surface area contributed by atoms with Crippen molar-refractivity contribution in [2.75, 3.05) is 0 Å². The fourth-order valence-corrected chi connectivity index (χ4v) is 0.224. The van der Waals surface area contributed by atoms with Gasteiger partial charge in [0, 0.05) is 0 Å². The van der Waals surface area contributed by atoms with Gasteiger partial charge in [-0.1, -0.05) is 0 Å². The summed E-state index contributed by atoms with van der Waals surface area (Å²) in [7, 11) is -9.81. The van der Waals surface area contributed by atoms with Crippen LogP contribution in [-0.2, 0) is 49.8 Å². The Labute approximate surface area is 96.4 Å². The van der Waals surface area contributed by atoms with Gasteiger partial charge in [-0.05, 0) is 0 Å². The van der Waals surface area contributed by atoms with Crippen LogP contribution in [0.4, 0.5) is 0 Å². The van der Waals surface area contributed by atoms with Crippen LogP contribution < -0.4 is 0 Å². The molecule has 0 aromatic carbocycles. The fourth-order valence-electron chi connectivity index (χ4n) is 0.0745. The van der Waals surface area contributed by atoms with Gasteiger partial charge in [-0.2, -0.15) is 16.8 Å². The molecule has 0 unspecified atom stereocenters. The van der Waals surface area contributed by atoms with Crippen molar-refractivity contribution in [3.05, 3.63) is 9.81 Å². The van der Waals surface area contributed by atoms with Gasteiger partial charge in [0.25, 0.3) is 20.8 Å². The van der Waals surface area contributed by atoms with E-state index < -0.39 is 20.8 Å². The van der Waals surface area contributed by atoms with E-state index in [0.29, 0.717) is 0 Å². The summed E-state index contributed by atoms with van der Waals surface area (Å²) in [5.74, 6) is 0. The largest absolute Gasteiger partial charge is 2.00 e. The van der Waals surface area contributed by atoms with Crippen LogP contribution in [0.2, 0.25) is 0 Å². The Hall–Kier alpha value is -0.718. The molecule has 0 aliphatic rings. The third-order valence-electron chi connectivity index (χ3n) is 0.243. The standard InChI is InChI=1S/2HNO5S.Pd/c2*2-1-6-7(3,4)5;/h2*(H,3,4,5);/q;;+2/p-2. The molecule has 0 aliphatic heterocycles. The molecular formula is N2O10PdS2. The quantitative estimate of drug-likeness (QED) is 0.183. The van der Waals surface area contributed by atoms with Crippen molar-refractivity contribution in [2.24, 2.45) is 10.7 Å². The topological polar surface area (TPSA) is 192 Å². The monoisotopic (exact) mass is 358 g/mol. The molecule has 15 heavy (non-hydrogen) atoms. The average Bonchev–Trinajstić information content (AvgIpc) is 1.81. The van der Waals surface area contributed by atoms with Crippen LogP contribution in [-0.4, -0.2) is 25.9 Å². The SMILES string of the molecule is O=NOS(=O)(=O)[O-].O=NOS(=O)(=O)[O-].[Pd+2]. The van der Waals surface area contributed by atoms with Gasteiger partial charge >= 0.3 is 20.4 Å². The third kappa shape index (κ3) is 31.9. The predicted octanol–water partition coefficient (Wildman–Crippen LogP) is -1.71. The molecular weight excluding hydrogens is 359 g/mol. The Kier molecular flexibility index (Phi) is 11.3. The molecule has 0 aromatic heterocycles. The average molecular weight is 359 g/mol. The second-order valence-corrected chi connectivity index (χ2v) is 3.05. The minimum Gasteiger partial charge on any atom is -0.714 e. The van der Waals surface area contributed by atoms with Gasteiger partial charge in [-0.25, -0.2) is 8.57 Å². The first-order chi connectivity index (χ1) is 6.12. The molecule has 0 bridgehead atoms. The molecule has 0 heterocycles. The van der Waals surface area contributed by atoms with Gasteiger partial charge in [0.2, 0.25) is 0 Å². The number of rotatable bonds is 4. The third-order valence-corrected chi connectivity index (χ3v) is 0.730. The van der Waals surface area contributed by atoms with Crippen molar-refractivity contribution in [1.82, 2.24) is 0 Å². The molecule has 12 nitrogen and oxygen atoms in total. The van der Waals surface area contributed by atoms with Crippen molar-refractivity contribution >= 4 is 20.8 Å². The summed E-state index contributed by atoms with van der Waals surface area (Å²) < 4.78 is 60.4. The molecule has 15 heteroatoms. The van der Waals surface area contributed by atoms with Crippen molar-refractivity contribution in [2.45, 2.75) is 0 Å². The maximum absolute atomic E-state index is 9.16. The summed E-state index contributed by atoms with van der Waals surface area (Å²) in [4.78, 5) is 17.5. The molecule has 0 spiro atoms. The molecule has 0 aliphatic carbocycles. The molecule has 0 aromatic rings. The molecule has 0 fully saturated rings. The van der Waals surface area contributed by atoms with Crippen LogP contribution in [0, 0.1) is 9.81 Å². The van der Waals surface area contributed by atoms with Crippen LogP contribution >= 0.6 is 0 Å². The number of hydrogen-bond donors (Lipinski definition) is 0. The van der Waals surface area contributed by atoms with Crippen molar-refractivity contribution in [3.63, 3.8) is 0 Å². The summed E-state index contributed by atoms with van der Waals surface area (Å²) in [5, 5.41) is 2.71. The van der Waals surface area contributed by atoms with Gasteiger partial charge in [-0.15, -0.1) is 9.81 Å². The van der Waals surface area contributed by atoms with Crippen LogP contribution in [0.25, 0.3) is 0 Å². The summed E-state index contributed by atoms with van der Waals surface area (Å²) in [6.07, 6.45) is 0. The number of nitrogens with zero attached hydrogens (tertiary/aromatic N) is 2. The minimum atomic E-state index is -4.90. The first kappa shape index (κ1) is 19.8. The summed E-state index contributed by atoms with van der Waals surface area (Å²) in [6.45, 7) is 0. The second kappa shape index (κ2) is 8.58. The first-order valence-corrected chi connectivity index (χ1v) is 4.73. The maximum Gasteiger partial charge on any atom is 2.00 e. The molecule has 92 valence electrons. The fraction of sp³-hybridized carbons (Fsp3) is 0. The molecule has 0 radical (unpaired) electrons.